The van der Waals surface area contributed by atoms with Crippen molar-refractivity contribution in [2.24, 2.45) is 0 Å². The van der Waals surface area contributed by atoms with Crippen molar-refractivity contribution in [2.75, 3.05) is 31.1 Å². The monoisotopic (exact) mass is 340 g/mol. The van der Waals surface area contributed by atoms with E-state index in [1.165, 1.54) is 11.3 Å². The third-order valence-corrected chi connectivity index (χ3v) is 5.20. The van der Waals surface area contributed by atoms with Crippen LogP contribution in [0.2, 0.25) is 0 Å². The number of amides is 1. The summed E-state index contributed by atoms with van der Waals surface area (Å²) in [7, 11) is 0. The minimum absolute atomic E-state index is 0.132. The molecule has 0 aromatic carbocycles. The second-order valence-corrected chi connectivity index (χ2v) is 7.07. The molecule has 0 N–H and O–H groups in total. The Balaban J connectivity index is 1.67. The van der Waals surface area contributed by atoms with Crippen molar-refractivity contribution in [3.63, 3.8) is 0 Å². The van der Waals surface area contributed by atoms with Gasteiger partial charge in [-0.1, -0.05) is 13.8 Å². The molecular formula is C18H20N4OS. The molecule has 0 radical (unpaired) electrons. The van der Waals surface area contributed by atoms with Gasteiger partial charge in [0.25, 0.3) is 5.91 Å². The summed E-state index contributed by atoms with van der Waals surface area (Å²) < 4.78 is 0. The summed E-state index contributed by atoms with van der Waals surface area (Å²) in [5, 5.41) is 11.0. The van der Waals surface area contributed by atoms with Gasteiger partial charge in [-0.3, -0.25) is 4.79 Å². The molecular weight excluding hydrogens is 320 g/mol. The first-order valence-corrected chi connectivity index (χ1v) is 8.96. The predicted molar refractivity (Wildman–Crippen MR) is 95.5 cm³/mol. The molecule has 0 spiro atoms. The molecule has 2 aromatic heterocycles. The maximum atomic E-state index is 12.8. The summed E-state index contributed by atoms with van der Waals surface area (Å²) in [5.41, 5.74) is 1.74. The van der Waals surface area contributed by atoms with Gasteiger partial charge in [0.1, 0.15) is 5.82 Å². The molecule has 5 nitrogen and oxygen atoms in total. The maximum absolute atomic E-state index is 12.8. The van der Waals surface area contributed by atoms with Crippen molar-refractivity contribution in [1.29, 1.82) is 5.26 Å². The molecule has 1 fully saturated rings. The molecule has 3 rings (SSSR count). The molecule has 3 heterocycles. The van der Waals surface area contributed by atoms with Crippen LogP contribution >= 0.6 is 11.3 Å². The van der Waals surface area contributed by atoms with Crippen LogP contribution in [0.5, 0.6) is 0 Å². The third-order valence-electron chi connectivity index (χ3n) is 4.28. The lowest BCUT2D eigenvalue weighted by molar-refractivity contribution is 0.0750. The number of thiophene rings is 1. The first-order chi connectivity index (χ1) is 11.6. The van der Waals surface area contributed by atoms with Crippen molar-refractivity contribution in [3.05, 3.63) is 45.8 Å². The summed E-state index contributed by atoms with van der Waals surface area (Å²) in [5.74, 6) is 1.29. The minimum atomic E-state index is 0.132. The van der Waals surface area contributed by atoms with Crippen LogP contribution in [-0.2, 0) is 0 Å². The maximum Gasteiger partial charge on any atom is 0.264 e. The molecule has 1 aliphatic heterocycles. The van der Waals surface area contributed by atoms with Gasteiger partial charge in [-0.15, -0.1) is 11.3 Å². The van der Waals surface area contributed by atoms with Crippen LogP contribution in [0.1, 0.15) is 40.6 Å². The van der Waals surface area contributed by atoms with E-state index in [0.717, 1.165) is 29.3 Å². The van der Waals surface area contributed by atoms with E-state index < -0.39 is 0 Å². The van der Waals surface area contributed by atoms with Crippen LogP contribution in [0.15, 0.2) is 29.8 Å². The van der Waals surface area contributed by atoms with Crippen LogP contribution in [0.3, 0.4) is 0 Å². The number of pyridine rings is 1. The molecule has 0 atom stereocenters. The molecule has 0 saturated carbocycles. The SMILES string of the molecule is CC(C)c1ccsc1C(=O)N1CCN(c2cc(C#N)ccn2)CC1. The van der Waals surface area contributed by atoms with E-state index in [0.29, 0.717) is 24.6 Å². The fourth-order valence-corrected chi connectivity index (χ4v) is 3.91. The largest absolute Gasteiger partial charge is 0.353 e. The Bertz CT molecular complexity index is 769. The van der Waals surface area contributed by atoms with Crippen molar-refractivity contribution in [3.8, 4) is 6.07 Å². The number of piperazine rings is 1. The first kappa shape index (κ1) is 16.5. The van der Waals surface area contributed by atoms with E-state index in [2.05, 4.69) is 35.9 Å². The highest BCUT2D eigenvalue weighted by molar-refractivity contribution is 7.12. The van der Waals surface area contributed by atoms with Gasteiger partial charge in [-0.2, -0.15) is 5.26 Å². The molecule has 0 aliphatic carbocycles. The molecule has 124 valence electrons. The standard InChI is InChI=1S/C18H20N4OS/c1-13(2)15-4-10-24-17(15)18(23)22-8-6-21(7-9-22)16-11-14(12-19)3-5-20-16/h3-5,10-11,13H,6-9H2,1-2H3. The average molecular weight is 340 g/mol. The van der Waals surface area contributed by atoms with Crippen molar-refractivity contribution in [2.45, 2.75) is 19.8 Å². The zero-order valence-electron chi connectivity index (χ0n) is 13.9. The zero-order valence-corrected chi connectivity index (χ0v) is 14.7. The fourth-order valence-electron chi connectivity index (χ4n) is 2.89. The summed E-state index contributed by atoms with van der Waals surface area (Å²) in [6.45, 7) is 7.04. The second kappa shape index (κ2) is 7.02. The quantitative estimate of drug-likeness (QED) is 0.861. The smallest absolute Gasteiger partial charge is 0.264 e. The van der Waals surface area contributed by atoms with Gasteiger partial charge in [-0.05, 0) is 35.1 Å². The van der Waals surface area contributed by atoms with E-state index in [1.807, 2.05) is 10.3 Å². The van der Waals surface area contributed by atoms with Crippen molar-refractivity contribution < 1.29 is 4.79 Å². The lowest BCUT2D eigenvalue weighted by Crippen LogP contribution is -2.49. The molecule has 24 heavy (non-hydrogen) atoms. The van der Waals surface area contributed by atoms with Crippen molar-refractivity contribution in [1.82, 2.24) is 9.88 Å². The summed E-state index contributed by atoms with van der Waals surface area (Å²) in [6, 6.07) is 7.69. The van der Waals surface area contributed by atoms with Crippen LogP contribution < -0.4 is 4.90 Å². The number of carbonyl (C=O) groups excluding carboxylic acids is 1. The van der Waals surface area contributed by atoms with Crippen LogP contribution in [-0.4, -0.2) is 42.0 Å². The van der Waals surface area contributed by atoms with E-state index in [-0.39, 0.29) is 5.91 Å². The fraction of sp³-hybridized carbons (Fsp3) is 0.389. The van der Waals surface area contributed by atoms with Gasteiger partial charge in [0.05, 0.1) is 16.5 Å². The first-order valence-electron chi connectivity index (χ1n) is 8.08. The Labute approximate surface area is 146 Å². The Hall–Kier alpha value is -2.39. The zero-order chi connectivity index (χ0) is 17.1. The number of carbonyl (C=O) groups is 1. The lowest BCUT2D eigenvalue weighted by atomic mass is 10.0. The molecule has 2 aromatic rings. The van der Waals surface area contributed by atoms with Gasteiger partial charge < -0.3 is 9.80 Å². The Morgan fingerprint density at radius 1 is 1.29 bits per heavy atom. The van der Waals surface area contributed by atoms with E-state index in [4.69, 9.17) is 5.26 Å². The number of hydrogen-bond acceptors (Lipinski definition) is 5. The van der Waals surface area contributed by atoms with Gasteiger partial charge in [0.2, 0.25) is 0 Å². The normalized spacial score (nSPS) is 14.8. The van der Waals surface area contributed by atoms with Crippen LogP contribution in [0.4, 0.5) is 5.82 Å². The van der Waals surface area contributed by atoms with Gasteiger partial charge >= 0.3 is 0 Å². The molecule has 1 amide bonds. The molecule has 1 saturated heterocycles. The van der Waals surface area contributed by atoms with Gasteiger partial charge in [-0.25, -0.2) is 4.98 Å². The third kappa shape index (κ3) is 3.26. The Morgan fingerprint density at radius 2 is 2.04 bits per heavy atom. The Morgan fingerprint density at radius 3 is 2.71 bits per heavy atom. The number of anilines is 1. The molecule has 0 bridgehead atoms. The van der Waals surface area contributed by atoms with Gasteiger partial charge in [0.15, 0.2) is 0 Å². The topological polar surface area (TPSA) is 60.2 Å². The highest BCUT2D eigenvalue weighted by Crippen LogP contribution is 2.26. The molecule has 1 aliphatic rings. The van der Waals surface area contributed by atoms with E-state index >= 15 is 0 Å². The van der Waals surface area contributed by atoms with E-state index in [9.17, 15) is 4.79 Å². The second-order valence-electron chi connectivity index (χ2n) is 6.15. The number of nitrogens with zero attached hydrogens (tertiary/aromatic N) is 4. The molecule has 0 unspecified atom stereocenters. The molecule has 6 heteroatoms. The highest BCUT2D eigenvalue weighted by Gasteiger charge is 2.25. The number of nitriles is 1. The van der Waals surface area contributed by atoms with Gasteiger partial charge in [0, 0.05) is 32.4 Å². The number of aromatic nitrogens is 1. The van der Waals surface area contributed by atoms with Crippen molar-refractivity contribution >= 4 is 23.1 Å². The summed E-state index contributed by atoms with van der Waals surface area (Å²) in [6.07, 6.45) is 1.66. The number of hydrogen-bond donors (Lipinski definition) is 0. The summed E-state index contributed by atoms with van der Waals surface area (Å²) in [4.78, 5) is 22.0. The van der Waals surface area contributed by atoms with Crippen LogP contribution in [0.25, 0.3) is 0 Å². The lowest BCUT2D eigenvalue weighted by Gasteiger charge is -2.35. The Kier molecular flexibility index (Phi) is 4.81. The average Bonchev–Trinajstić information content (AvgIpc) is 3.11. The minimum Gasteiger partial charge on any atom is -0.353 e. The van der Waals surface area contributed by atoms with Crippen LogP contribution in [0, 0.1) is 11.3 Å². The predicted octanol–water partition coefficient (Wildman–Crippen LogP) is 3.10. The van der Waals surface area contributed by atoms with E-state index in [1.54, 1.807) is 18.3 Å². The summed E-state index contributed by atoms with van der Waals surface area (Å²) >= 11 is 1.53. The number of rotatable bonds is 3. The highest BCUT2D eigenvalue weighted by atomic mass is 32.1.